The molecule has 0 radical (unpaired) electrons. The van der Waals surface area contributed by atoms with Gasteiger partial charge in [0.2, 0.25) is 0 Å². The summed E-state index contributed by atoms with van der Waals surface area (Å²) >= 11 is 8.42. The highest BCUT2D eigenvalue weighted by Gasteiger charge is 2.12. The van der Waals surface area contributed by atoms with Crippen LogP contribution < -0.4 is 5.73 Å². The van der Waals surface area contributed by atoms with E-state index in [-0.39, 0.29) is 6.04 Å². The zero-order valence-electron chi connectivity index (χ0n) is 11.8. The van der Waals surface area contributed by atoms with Gasteiger partial charge in [0.25, 0.3) is 0 Å². The van der Waals surface area contributed by atoms with E-state index >= 15 is 0 Å². The Bertz CT molecular complexity index is 610. The minimum absolute atomic E-state index is 0.124. The molecule has 0 aliphatic rings. The molecular formula is C17H19ClIN. The molecule has 0 saturated carbocycles. The number of rotatable bonds is 4. The molecule has 0 fully saturated rings. The maximum absolute atomic E-state index is 6.39. The van der Waals surface area contributed by atoms with Gasteiger partial charge in [-0.05, 0) is 69.8 Å². The van der Waals surface area contributed by atoms with Gasteiger partial charge in [0, 0.05) is 3.57 Å². The van der Waals surface area contributed by atoms with E-state index in [4.69, 9.17) is 17.3 Å². The summed E-state index contributed by atoms with van der Waals surface area (Å²) in [5, 5.41) is 0.763. The van der Waals surface area contributed by atoms with Crippen LogP contribution in [0.25, 0.3) is 0 Å². The lowest BCUT2D eigenvalue weighted by molar-refractivity contribution is 0.863. The van der Waals surface area contributed by atoms with Crippen LogP contribution in [-0.4, -0.2) is 0 Å². The molecule has 3 heteroatoms. The number of hydrogen-bond acceptors (Lipinski definition) is 1. The smallest absolute Gasteiger partial charge is 0.0552 e. The van der Waals surface area contributed by atoms with E-state index in [2.05, 4.69) is 60.7 Å². The maximum atomic E-state index is 6.39. The van der Waals surface area contributed by atoms with Crippen LogP contribution in [0.1, 0.15) is 42.1 Å². The Labute approximate surface area is 139 Å². The number of halogens is 2. The van der Waals surface area contributed by atoms with Gasteiger partial charge < -0.3 is 5.73 Å². The van der Waals surface area contributed by atoms with Crippen LogP contribution >= 0.6 is 34.2 Å². The van der Waals surface area contributed by atoms with E-state index in [0.717, 1.165) is 32.6 Å². The minimum atomic E-state index is -0.124. The molecule has 2 N–H and O–H groups in total. The summed E-state index contributed by atoms with van der Waals surface area (Å²) in [5.41, 5.74) is 11.4. The molecule has 0 saturated heterocycles. The Kier molecular flexibility index (Phi) is 5.47. The summed E-state index contributed by atoms with van der Waals surface area (Å²) in [6.45, 7) is 4.37. The zero-order chi connectivity index (χ0) is 14.7. The molecule has 0 amide bonds. The van der Waals surface area contributed by atoms with Crippen molar-refractivity contribution >= 4 is 34.2 Å². The highest BCUT2D eigenvalue weighted by molar-refractivity contribution is 14.1. The summed E-state index contributed by atoms with van der Waals surface area (Å²) in [7, 11) is 0. The lowest BCUT2D eigenvalue weighted by atomic mass is 9.94. The molecule has 2 rings (SSSR count). The Morgan fingerprint density at radius 3 is 2.20 bits per heavy atom. The van der Waals surface area contributed by atoms with Crippen LogP contribution in [0.4, 0.5) is 0 Å². The molecular weight excluding hydrogens is 381 g/mol. The Morgan fingerprint density at radius 2 is 1.60 bits per heavy atom. The number of aryl methyl sites for hydroxylation is 2. The third-order valence-electron chi connectivity index (χ3n) is 3.65. The van der Waals surface area contributed by atoms with E-state index in [0.29, 0.717) is 0 Å². The molecule has 1 atom stereocenters. The van der Waals surface area contributed by atoms with Gasteiger partial charge in [0.1, 0.15) is 0 Å². The monoisotopic (exact) mass is 399 g/mol. The van der Waals surface area contributed by atoms with E-state index < -0.39 is 0 Å². The predicted molar refractivity (Wildman–Crippen MR) is 95.4 cm³/mol. The van der Waals surface area contributed by atoms with Crippen molar-refractivity contribution in [3.05, 3.63) is 67.2 Å². The Balaban J connectivity index is 2.37. The molecule has 0 aliphatic carbocycles. The van der Waals surface area contributed by atoms with Crippen molar-refractivity contribution in [2.24, 2.45) is 5.73 Å². The molecule has 106 valence electrons. The second-order valence-corrected chi connectivity index (χ2v) is 6.46. The third-order valence-corrected chi connectivity index (χ3v) is 5.23. The topological polar surface area (TPSA) is 26.0 Å². The molecule has 0 aliphatic heterocycles. The van der Waals surface area contributed by atoms with E-state index in [1.54, 1.807) is 0 Å². The van der Waals surface area contributed by atoms with Crippen molar-refractivity contribution in [1.29, 1.82) is 0 Å². The largest absolute Gasteiger partial charge is 0.320 e. The lowest BCUT2D eigenvalue weighted by Crippen LogP contribution is -2.12. The second kappa shape index (κ2) is 6.92. The van der Waals surface area contributed by atoms with E-state index in [9.17, 15) is 0 Å². The summed E-state index contributed by atoms with van der Waals surface area (Å²) in [5.74, 6) is 0. The number of hydrogen-bond donors (Lipinski definition) is 1. The van der Waals surface area contributed by atoms with Crippen LogP contribution in [0.3, 0.4) is 0 Å². The van der Waals surface area contributed by atoms with Gasteiger partial charge in [0.15, 0.2) is 0 Å². The first-order valence-electron chi connectivity index (χ1n) is 6.89. The van der Waals surface area contributed by atoms with Gasteiger partial charge in [-0.1, -0.05) is 49.7 Å². The van der Waals surface area contributed by atoms with Crippen molar-refractivity contribution in [2.45, 2.75) is 32.7 Å². The van der Waals surface area contributed by atoms with Gasteiger partial charge >= 0.3 is 0 Å². The fourth-order valence-corrected chi connectivity index (χ4v) is 2.94. The van der Waals surface area contributed by atoms with Crippen molar-refractivity contribution in [3.8, 4) is 0 Å². The molecule has 20 heavy (non-hydrogen) atoms. The maximum Gasteiger partial charge on any atom is 0.0552 e. The van der Waals surface area contributed by atoms with Gasteiger partial charge in [0.05, 0.1) is 11.1 Å². The van der Waals surface area contributed by atoms with Gasteiger partial charge in [-0.25, -0.2) is 0 Å². The Hall–Kier alpha value is -0.580. The SMILES string of the molecule is CCc1ccc(C(N)c2ccc(I)c(Cl)c2)cc1CC. The summed E-state index contributed by atoms with van der Waals surface area (Å²) in [6, 6.07) is 12.5. The molecule has 0 aromatic heterocycles. The van der Waals surface area contributed by atoms with Crippen molar-refractivity contribution in [2.75, 3.05) is 0 Å². The van der Waals surface area contributed by atoms with Crippen LogP contribution in [-0.2, 0) is 12.8 Å². The first kappa shape index (κ1) is 15.8. The number of nitrogens with two attached hydrogens (primary N) is 1. The average molecular weight is 400 g/mol. The number of benzene rings is 2. The van der Waals surface area contributed by atoms with Crippen LogP contribution in [0.15, 0.2) is 36.4 Å². The first-order chi connectivity index (χ1) is 9.56. The van der Waals surface area contributed by atoms with E-state index in [1.165, 1.54) is 11.1 Å². The summed E-state index contributed by atoms with van der Waals surface area (Å²) in [6.07, 6.45) is 2.10. The zero-order valence-corrected chi connectivity index (χ0v) is 14.7. The molecule has 2 aromatic rings. The van der Waals surface area contributed by atoms with Crippen molar-refractivity contribution in [3.63, 3.8) is 0 Å². The Morgan fingerprint density at radius 1 is 1.00 bits per heavy atom. The molecule has 0 bridgehead atoms. The standard InChI is InChI=1S/C17H19ClIN/c1-3-11-5-6-13(9-12(11)4-2)17(20)14-7-8-16(19)15(18)10-14/h5-10,17H,3-4,20H2,1-2H3. The molecule has 0 spiro atoms. The highest BCUT2D eigenvalue weighted by atomic mass is 127. The molecule has 1 nitrogen and oxygen atoms in total. The van der Waals surface area contributed by atoms with E-state index in [1.807, 2.05) is 12.1 Å². The van der Waals surface area contributed by atoms with Gasteiger partial charge in [-0.15, -0.1) is 0 Å². The fourth-order valence-electron chi connectivity index (χ4n) is 2.41. The van der Waals surface area contributed by atoms with Crippen molar-refractivity contribution in [1.82, 2.24) is 0 Å². The molecule has 1 unspecified atom stereocenters. The van der Waals surface area contributed by atoms with Crippen LogP contribution in [0, 0.1) is 3.57 Å². The summed E-state index contributed by atoms with van der Waals surface area (Å²) in [4.78, 5) is 0. The quantitative estimate of drug-likeness (QED) is 0.710. The normalized spacial score (nSPS) is 12.4. The molecule has 0 heterocycles. The van der Waals surface area contributed by atoms with Gasteiger partial charge in [-0.2, -0.15) is 0 Å². The second-order valence-electron chi connectivity index (χ2n) is 4.89. The lowest BCUT2D eigenvalue weighted by Gasteiger charge is -2.16. The fraction of sp³-hybridized carbons (Fsp3) is 0.294. The average Bonchev–Trinajstić information content (AvgIpc) is 2.48. The third kappa shape index (κ3) is 3.35. The first-order valence-corrected chi connectivity index (χ1v) is 8.34. The van der Waals surface area contributed by atoms with Crippen LogP contribution in [0.5, 0.6) is 0 Å². The molecule has 2 aromatic carbocycles. The minimum Gasteiger partial charge on any atom is -0.320 e. The van der Waals surface area contributed by atoms with Crippen LogP contribution in [0.2, 0.25) is 5.02 Å². The highest BCUT2D eigenvalue weighted by Crippen LogP contribution is 2.27. The van der Waals surface area contributed by atoms with Crippen molar-refractivity contribution < 1.29 is 0 Å². The predicted octanol–water partition coefficient (Wildman–Crippen LogP) is 5.12. The van der Waals surface area contributed by atoms with Gasteiger partial charge in [-0.3, -0.25) is 0 Å². The summed E-state index contributed by atoms with van der Waals surface area (Å²) < 4.78 is 1.05.